The van der Waals surface area contributed by atoms with E-state index in [1.54, 1.807) is 15.6 Å². The van der Waals surface area contributed by atoms with Gasteiger partial charge in [-0.3, -0.25) is 0 Å². The summed E-state index contributed by atoms with van der Waals surface area (Å²) >= 11 is 1.60. The standard InChI is InChI=1S/C15H19N3O2S2/c1-22(19,20)18-9-5-8-13(11-18)15-17-16-14(21-15)10-12-6-3-2-4-7-12/h2-4,6-7,13H,5,8-11H2,1H3/t13-/m0/s1. The smallest absolute Gasteiger partial charge is 0.211 e. The van der Waals surface area contributed by atoms with Crippen LogP contribution in [0.2, 0.25) is 0 Å². The lowest BCUT2D eigenvalue weighted by Gasteiger charge is -2.29. The molecule has 0 aliphatic carbocycles. The fraction of sp³-hybridized carbons (Fsp3) is 0.467. The van der Waals surface area contributed by atoms with E-state index in [2.05, 4.69) is 22.3 Å². The van der Waals surface area contributed by atoms with Crippen molar-refractivity contribution in [3.8, 4) is 0 Å². The third-order valence-corrected chi connectivity index (χ3v) is 6.24. The molecule has 1 saturated heterocycles. The molecular formula is C15H19N3O2S2. The van der Waals surface area contributed by atoms with E-state index in [1.807, 2.05) is 18.2 Å². The Hall–Kier alpha value is -1.31. The van der Waals surface area contributed by atoms with Gasteiger partial charge < -0.3 is 0 Å². The van der Waals surface area contributed by atoms with Crippen molar-refractivity contribution in [1.29, 1.82) is 0 Å². The molecule has 0 saturated carbocycles. The highest BCUT2D eigenvalue weighted by molar-refractivity contribution is 7.88. The highest BCUT2D eigenvalue weighted by atomic mass is 32.2. The molecule has 0 N–H and O–H groups in total. The highest BCUT2D eigenvalue weighted by Crippen LogP contribution is 2.30. The molecule has 1 atom stereocenters. The van der Waals surface area contributed by atoms with E-state index >= 15 is 0 Å². The molecule has 22 heavy (non-hydrogen) atoms. The van der Waals surface area contributed by atoms with Gasteiger partial charge in [-0.25, -0.2) is 12.7 Å². The number of sulfonamides is 1. The lowest BCUT2D eigenvalue weighted by Crippen LogP contribution is -2.38. The molecule has 5 nitrogen and oxygen atoms in total. The predicted octanol–water partition coefficient (Wildman–Crippen LogP) is 2.27. The molecule has 0 amide bonds. The molecule has 1 aromatic heterocycles. The Kier molecular flexibility index (Phi) is 4.56. The Bertz CT molecular complexity index is 728. The minimum absolute atomic E-state index is 0.172. The normalized spacial score (nSPS) is 20.1. The van der Waals surface area contributed by atoms with E-state index in [-0.39, 0.29) is 5.92 Å². The first-order valence-electron chi connectivity index (χ1n) is 7.34. The first kappa shape index (κ1) is 15.6. The van der Waals surface area contributed by atoms with Gasteiger partial charge in [-0.1, -0.05) is 30.3 Å². The van der Waals surface area contributed by atoms with Crippen LogP contribution in [0.1, 0.15) is 34.3 Å². The average molecular weight is 337 g/mol. The fourth-order valence-corrected chi connectivity index (χ4v) is 4.63. The summed E-state index contributed by atoms with van der Waals surface area (Å²) in [6.07, 6.45) is 3.91. The van der Waals surface area contributed by atoms with Gasteiger partial charge in [-0.2, -0.15) is 0 Å². The maximum Gasteiger partial charge on any atom is 0.211 e. The maximum absolute atomic E-state index is 11.7. The lowest BCUT2D eigenvalue weighted by atomic mass is 10.0. The van der Waals surface area contributed by atoms with Crippen LogP contribution in [0.5, 0.6) is 0 Å². The van der Waals surface area contributed by atoms with E-state index in [9.17, 15) is 8.42 Å². The molecule has 1 fully saturated rings. The molecule has 118 valence electrons. The quantitative estimate of drug-likeness (QED) is 0.858. The van der Waals surface area contributed by atoms with Gasteiger partial charge in [0, 0.05) is 25.4 Å². The summed E-state index contributed by atoms with van der Waals surface area (Å²) in [5, 5.41) is 10.5. The largest absolute Gasteiger partial charge is 0.213 e. The van der Waals surface area contributed by atoms with E-state index in [4.69, 9.17) is 0 Å². The molecule has 2 heterocycles. The molecule has 3 rings (SSSR count). The number of hydrogen-bond acceptors (Lipinski definition) is 5. The van der Waals surface area contributed by atoms with Crippen LogP contribution in [-0.2, 0) is 16.4 Å². The third-order valence-electron chi connectivity index (χ3n) is 3.88. The number of nitrogens with zero attached hydrogens (tertiary/aromatic N) is 3. The topological polar surface area (TPSA) is 63.2 Å². The highest BCUT2D eigenvalue weighted by Gasteiger charge is 2.28. The van der Waals surface area contributed by atoms with Crippen LogP contribution in [0.3, 0.4) is 0 Å². The number of aromatic nitrogens is 2. The predicted molar refractivity (Wildman–Crippen MR) is 87.5 cm³/mol. The van der Waals surface area contributed by atoms with Crippen LogP contribution in [-0.4, -0.2) is 42.3 Å². The van der Waals surface area contributed by atoms with Crippen LogP contribution in [0.25, 0.3) is 0 Å². The minimum atomic E-state index is -3.12. The van der Waals surface area contributed by atoms with Gasteiger partial charge in [-0.15, -0.1) is 21.5 Å². The zero-order valence-corrected chi connectivity index (χ0v) is 14.1. The van der Waals surface area contributed by atoms with Crippen molar-refractivity contribution in [2.24, 2.45) is 0 Å². The Morgan fingerprint density at radius 3 is 2.77 bits per heavy atom. The van der Waals surface area contributed by atoms with Gasteiger partial charge in [0.05, 0.1) is 6.26 Å². The molecule has 2 aromatic rings. The van der Waals surface area contributed by atoms with E-state index in [0.717, 1.165) is 29.3 Å². The zero-order valence-electron chi connectivity index (χ0n) is 12.5. The van der Waals surface area contributed by atoms with E-state index in [1.165, 1.54) is 11.8 Å². The van der Waals surface area contributed by atoms with E-state index < -0.39 is 10.0 Å². The van der Waals surface area contributed by atoms with Crippen LogP contribution in [0, 0.1) is 0 Å². The first-order chi connectivity index (χ1) is 10.5. The summed E-state index contributed by atoms with van der Waals surface area (Å²) in [6, 6.07) is 10.2. The summed E-state index contributed by atoms with van der Waals surface area (Å²) in [4.78, 5) is 0. The minimum Gasteiger partial charge on any atom is -0.213 e. The second kappa shape index (κ2) is 6.44. The van der Waals surface area contributed by atoms with Crippen molar-refractivity contribution in [3.63, 3.8) is 0 Å². The Labute approximate surface area is 135 Å². The second-order valence-electron chi connectivity index (χ2n) is 5.66. The number of hydrogen-bond donors (Lipinski definition) is 0. The monoisotopic (exact) mass is 337 g/mol. The lowest BCUT2D eigenvalue weighted by molar-refractivity contribution is 0.316. The van der Waals surface area contributed by atoms with Crippen molar-refractivity contribution in [1.82, 2.24) is 14.5 Å². The fourth-order valence-electron chi connectivity index (χ4n) is 2.72. The van der Waals surface area contributed by atoms with Crippen molar-refractivity contribution in [2.75, 3.05) is 19.3 Å². The SMILES string of the molecule is CS(=O)(=O)N1CCC[C@H](c2nnc(Cc3ccccc3)s2)C1. The van der Waals surface area contributed by atoms with Crippen LogP contribution in [0.4, 0.5) is 0 Å². The molecule has 0 radical (unpaired) electrons. The Morgan fingerprint density at radius 1 is 1.27 bits per heavy atom. The molecule has 1 aliphatic rings. The van der Waals surface area contributed by atoms with Crippen molar-refractivity contribution < 1.29 is 8.42 Å². The summed E-state index contributed by atoms with van der Waals surface area (Å²) in [7, 11) is -3.12. The molecule has 0 unspecified atom stereocenters. The van der Waals surface area contributed by atoms with Crippen molar-refractivity contribution >= 4 is 21.4 Å². The van der Waals surface area contributed by atoms with Crippen LogP contribution in [0.15, 0.2) is 30.3 Å². The number of piperidine rings is 1. The van der Waals surface area contributed by atoms with Crippen molar-refractivity contribution in [3.05, 3.63) is 45.9 Å². The summed E-state index contributed by atoms with van der Waals surface area (Å²) in [5.41, 5.74) is 1.21. The number of rotatable bonds is 4. The molecule has 0 spiro atoms. The van der Waals surface area contributed by atoms with Gasteiger partial charge in [0.2, 0.25) is 10.0 Å². The zero-order chi connectivity index (χ0) is 15.6. The van der Waals surface area contributed by atoms with Gasteiger partial charge in [0.15, 0.2) is 0 Å². The number of benzene rings is 1. The molecule has 0 bridgehead atoms. The molecular weight excluding hydrogens is 318 g/mol. The average Bonchev–Trinajstić information content (AvgIpc) is 2.96. The summed E-state index contributed by atoms with van der Waals surface area (Å²) < 4.78 is 25.0. The first-order valence-corrected chi connectivity index (χ1v) is 10.00. The van der Waals surface area contributed by atoms with Crippen molar-refractivity contribution in [2.45, 2.75) is 25.2 Å². The van der Waals surface area contributed by atoms with Gasteiger partial charge in [0.1, 0.15) is 10.0 Å². The Balaban J connectivity index is 1.71. The summed E-state index contributed by atoms with van der Waals surface area (Å²) in [5.74, 6) is 0.172. The second-order valence-corrected chi connectivity index (χ2v) is 8.73. The van der Waals surface area contributed by atoms with Gasteiger partial charge in [-0.05, 0) is 18.4 Å². The Morgan fingerprint density at radius 2 is 2.05 bits per heavy atom. The van der Waals surface area contributed by atoms with Gasteiger partial charge in [0.25, 0.3) is 0 Å². The van der Waals surface area contributed by atoms with Crippen LogP contribution < -0.4 is 0 Å². The van der Waals surface area contributed by atoms with Crippen LogP contribution >= 0.6 is 11.3 Å². The molecule has 7 heteroatoms. The molecule has 1 aliphatic heterocycles. The maximum atomic E-state index is 11.7. The molecule has 1 aromatic carbocycles. The van der Waals surface area contributed by atoms with Gasteiger partial charge >= 0.3 is 0 Å². The van der Waals surface area contributed by atoms with E-state index in [0.29, 0.717) is 13.1 Å². The third kappa shape index (κ3) is 3.71. The summed E-state index contributed by atoms with van der Waals surface area (Å²) in [6.45, 7) is 1.14.